The average Bonchev–Trinajstić information content (AvgIpc) is 3.13. The number of aromatic nitrogens is 2. The zero-order valence-corrected chi connectivity index (χ0v) is 21.1. The van der Waals surface area contributed by atoms with E-state index < -0.39 is 0 Å². The number of aryl methyl sites for hydroxylation is 1. The van der Waals surface area contributed by atoms with Crippen LogP contribution < -0.4 is 10.6 Å². The molecule has 0 radical (unpaired) electrons. The van der Waals surface area contributed by atoms with Crippen molar-refractivity contribution in [3.8, 4) is 5.69 Å². The molecule has 172 valence electrons. The number of guanidine groups is 1. The van der Waals surface area contributed by atoms with Gasteiger partial charge in [-0.2, -0.15) is 0 Å². The molecule has 0 amide bonds. The van der Waals surface area contributed by atoms with E-state index in [4.69, 9.17) is 4.74 Å². The van der Waals surface area contributed by atoms with E-state index in [-0.39, 0.29) is 35.9 Å². The number of nitrogens with one attached hydrogen (secondary N) is 2. The molecule has 2 heterocycles. The summed E-state index contributed by atoms with van der Waals surface area (Å²) in [5.41, 5.74) is 1.34. The first-order valence-electron chi connectivity index (χ1n) is 10.5. The van der Waals surface area contributed by atoms with Gasteiger partial charge in [-0.1, -0.05) is 19.9 Å². The summed E-state index contributed by atoms with van der Waals surface area (Å²) in [4.78, 5) is 10.9. The molecule has 3 rings (SSSR count). The molecule has 0 saturated carbocycles. The van der Waals surface area contributed by atoms with Gasteiger partial charge in [0.05, 0.1) is 18.4 Å². The molecule has 1 saturated heterocycles. The smallest absolute Gasteiger partial charge is 0.191 e. The van der Waals surface area contributed by atoms with Gasteiger partial charge in [-0.25, -0.2) is 9.37 Å². The summed E-state index contributed by atoms with van der Waals surface area (Å²) in [6.45, 7) is 11.2. The van der Waals surface area contributed by atoms with Gasteiger partial charge < -0.3 is 19.9 Å². The van der Waals surface area contributed by atoms with Gasteiger partial charge in [-0.15, -0.1) is 24.0 Å². The fourth-order valence-corrected chi connectivity index (χ4v) is 3.69. The molecule has 0 aliphatic carbocycles. The summed E-state index contributed by atoms with van der Waals surface area (Å²) in [5, 5.41) is 6.57. The van der Waals surface area contributed by atoms with Gasteiger partial charge in [-0.3, -0.25) is 9.89 Å². The Morgan fingerprint density at radius 3 is 2.81 bits per heavy atom. The Bertz CT molecular complexity index is 856. The van der Waals surface area contributed by atoms with Crippen molar-refractivity contribution in [2.24, 2.45) is 10.9 Å². The summed E-state index contributed by atoms with van der Waals surface area (Å²) >= 11 is 0. The molecule has 1 aliphatic heterocycles. The summed E-state index contributed by atoms with van der Waals surface area (Å²) in [6.07, 6.45) is 3.55. The fraction of sp³-hybridized carbons (Fsp3) is 0.545. The van der Waals surface area contributed by atoms with E-state index in [0.29, 0.717) is 30.7 Å². The molecule has 1 fully saturated rings. The quantitative estimate of drug-likeness (QED) is 0.319. The molecule has 2 N–H and O–H groups in total. The summed E-state index contributed by atoms with van der Waals surface area (Å²) in [5.74, 6) is 1.80. The molecular formula is C22H34FIN6O. The van der Waals surface area contributed by atoms with Crippen LogP contribution >= 0.6 is 24.0 Å². The second-order valence-electron chi connectivity index (χ2n) is 8.08. The summed E-state index contributed by atoms with van der Waals surface area (Å²) in [7, 11) is 1.73. The summed E-state index contributed by atoms with van der Waals surface area (Å²) < 4.78 is 22.2. The Balaban J connectivity index is 0.00000341. The number of imidazole rings is 1. The van der Waals surface area contributed by atoms with Gasteiger partial charge in [0.2, 0.25) is 0 Å². The predicted octanol–water partition coefficient (Wildman–Crippen LogP) is 2.96. The van der Waals surface area contributed by atoms with Crippen LogP contribution in [0.25, 0.3) is 5.69 Å². The van der Waals surface area contributed by atoms with Crippen molar-refractivity contribution < 1.29 is 9.13 Å². The van der Waals surface area contributed by atoms with Crippen molar-refractivity contribution in [1.29, 1.82) is 0 Å². The van der Waals surface area contributed by atoms with Crippen LogP contribution in [0.3, 0.4) is 0 Å². The van der Waals surface area contributed by atoms with Crippen molar-refractivity contribution in [1.82, 2.24) is 25.1 Å². The lowest BCUT2D eigenvalue weighted by Crippen LogP contribution is -2.50. The third-order valence-corrected chi connectivity index (χ3v) is 5.12. The maximum Gasteiger partial charge on any atom is 0.191 e. The number of ether oxygens (including phenoxy) is 1. The number of hydrogen-bond acceptors (Lipinski definition) is 4. The number of rotatable bonds is 7. The number of morpholine rings is 1. The molecule has 0 bridgehead atoms. The molecule has 1 aromatic carbocycles. The van der Waals surface area contributed by atoms with Gasteiger partial charge in [0.15, 0.2) is 5.96 Å². The number of aliphatic imine (C=N–C) groups is 1. The van der Waals surface area contributed by atoms with E-state index in [0.717, 1.165) is 37.6 Å². The monoisotopic (exact) mass is 544 g/mol. The van der Waals surface area contributed by atoms with Crippen LogP contribution in [-0.4, -0.2) is 66.3 Å². The first-order valence-corrected chi connectivity index (χ1v) is 10.5. The van der Waals surface area contributed by atoms with Gasteiger partial charge in [-0.05, 0) is 30.5 Å². The molecule has 1 aromatic heterocycles. The number of hydrogen-bond donors (Lipinski definition) is 2. The first kappa shape index (κ1) is 25.5. The van der Waals surface area contributed by atoms with E-state index in [1.54, 1.807) is 36.1 Å². The molecule has 7 nitrogen and oxygen atoms in total. The molecule has 9 heteroatoms. The summed E-state index contributed by atoms with van der Waals surface area (Å²) in [6, 6.07) is 5.23. The predicted molar refractivity (Wildman–Crippen MR) is 133 cm³/mol. The topological polar surface area (TPSA) is 66.7 Å². The Hall–Kier alpha value is -1.72. The molecule has 1 atom stereocenters. The van der Waals surface area contributed by atoms with Crippen molar-refractivity contribution >= 4 is 29.9 Å². The minimum absolute atomic E-state index is 0. The lowest BCUT2D eigenvalue weighted by Gasteiger charge is -2.34. The Morgan fingerprint density at radius 2 is 2.16 bits per heavy atom. The van der Waals surface area contributed by atoms with E-state index in [1.807, 2.05) is 13.0 Å². The van der Waals surface area contributed by atoms with Gasteiger partial charge >= 0.3 is 0 Å². The van der Waals surface area contributed by atoms with Crippen LogP contribution in [0.15, 0.2) is 35.6 Å². The second kappa shape index (κ2) is 12.4. The first-order chi connectivity index (χ1) is 14.5. The van der Waals surface area contributed by atoms with Crippen LogP contribution in [0.4, 0.5) is 4.39 Å². The number of halogens is 2. The van der Waals surface area contributed by atoms with Gasteiger partial charge in [0, 0.05) is 52.2 Å². The zero-order chi connectivity index (χ0) is 21.5. The molecule has 2 aromatic rings. The molecule has 1 aliphatic rings. The maximum atomic E-state index is 14.6. The minimum atomic E-state index is -0.279. The van der Waals surface area contributed by atoms with E-state index >= 15 is 0 Å². The molecule has 0 spiro atoms. The van der Waals surface area contributed by atoms with Crippen LogP contribution in [0.1, 0.15) is 25.2 Å². The molecular weight excluding hydrogens is 510 g/mol. The Morgan fingerprint density at radius 1 is 1.35 bits per heavy atom. The van der Waals surface area contributed by atoms with E-state index in [9.17, 15) is 4.39 Å². The largest absolute Gasteiger partial charge is 0.374 e. The highest BCUT2D eigenvalue weighted by atomic mass is 127. The van der Waals surface area contributed by atoms with Crippen molar-refractivity contribution in [2.45, 2.75) is 33.4 Å². The highest BCUT2D eigenvalue weighted by Gasteiger charge is 2.21. The second-order valence-corrected chi connectivity index (χ2v) is 8.08. The van der Waals surface area contributed by atoms with Crippen LogP contribution in [-0.2, 0) is 11.3 Å². The third-order valence-electron chi connectivity index (χ3n) is 5.12. The average molecular weight is 544 g/mol. The standard InChI is InChI=1S/C22H33FN6O.HI/c1-16(2)14-28-9-10-30-19(15-28)13-27-22(24-4)26-12-18-5-6-21(20(23)11-18)29-8-7-25-17(29)3;/h5-8,11,16,19H,9-10,12-15H2,1-4H3,(H2,24,26,27);1H. The molecule has 1 unspecified atom stereocenters. The zero-order valence-electron chi connectivity index (χ0n) is 18.8. The van der Waals surface area contributed by atoms with Gasteiger partial charge in [0.1, 0.15) is 11.6 Å². The van der Waals surface area contributed by atoms with Crippen molar-refractivity contribution in [3.63, 3.8) is 0 Å². The van der Waals surface area contributed by atoms with E-state index in [1.165, 1.54) is 0 Å². The third kappa shape index (κ3) is 7.43. The van der Waals surface area contributed by atoms with Crippen molar-refractivity contribution in [2.75, 3.05) is 39.8 Å². The fourth-order valence-electron chi connectivity index (χ4n) is 3.69. The molecule has 31 heavy (non-hydrogen) atoms. The Kier molecular flexibility index (Phi) is 10.2. The van der Waals surface area contributed by atoms with Crippen LogP contribution in [0.2, 0.25) is 0 Å². The Labute approximate surface area is 201 Å². The minimum Gasteiger partial charge on any atom is -0.374 e. The van der Waals surface area contributed by atoms with Crippen LogP contribution in [0.5, 0.6) is 0 Å². The highest BCUT2D eigenvalue weighted by molar-refractivity contribution is 14.0. The SMILES string of the molecule is CN=C(NCc1ccc(-n2ccnc2C)c(F)c1)NCC1CN(CC(C)C)CCO1.I. The van der Waals surface area contributed by atoms with Crippen LogP contribution in [0, 0.1) is 18.7 Å². The normalized spacial score (nSPS) is 17.5. The van der Waals surface area contributed by atoms with Crippen molar-refractivity contribution in [3.05, 3.63) is 47.8 Å². The number of nitrogens with zero attached hydrogens (tertiary/aromatic N) is 4. The maximum absolute atomic E-state index is 14.6. The van der Waals surface area contributed by atoms with Gasteiger partial charge in [0.25, 0.3) is 0 Å². The highest BCUT2D eigenvalue weighted by Crippen LogP contribution is 2.16. The lowest BCUT2D eigenvalue weighted by atomic mass is 10.2. The lowest BCUT2D eigenvalue weighted by molar-refractivity contribution is -0.0284. The number of benzene rings is 1. The van der Waals surface area contributed by atoms with E-state index in [2.05, 4.69) is 39.4 Å².